The second-order valence-electron chi connectivity index (χ2n) is 4.17. The van der Waals surface area contributed by atoms with Crippen molar-refractivity contribution in [3.8, 4) is 0 Å². The third-order valence-corrected chi connectivity index (χ3v) is 2.88. The first-order valence-electron chi connectivity index (χ1n) is 6.35. The van der Waals surface area contributed by atoms with Gasteiger partial charge in [-0.1, -0.05) is 37.6 Å². The van der Waals surface area contributed by atoms with Crippen molar-refractivity contribution in [1.82, 2.24) is 10.2 Å². The van der Waals surface area contributed by atoms with Crippen LogP contribution in [-0.4, -0.2) is 16.7 Å². The highest BCUT2D eigenvalue weighted by molar-refractivity contribution is 5.92. The maximum absolute atomic E-state index is 4.35. The molecule has 0 aliphatic rings. The van der Waals surface area contributed by atoms with E-state index in [9.17, 15) is 0 Å². The number of nitrogens with zero attached hydrogens (tertiary/aromatic N) is 2. The summed E-state index contributed by atoms with van der Waals surface area (Å²) in [6.45, 7) is 5.14. The maximum atomic E-state index is 4.35. The van der Waals surface area contributed by atoms with Gasteiger partial charge in [0, 0.05) is 17.3 Å². The van der Waals surface area contributed by atoms with Gasteiger partial charge in [0.2, 0.25) is 0 Å². The zero-order chi connectivity index (χ0) is 12.1. The Hall–Kier alpha value is -1.64. The Labute approximate surface area is 102 Å². The van der Waals surface area contributed by atoms with Crippen LogP contribution in [0, 0.1) is 0 Å². The highest BCUT2D eigenvalue weighted by Gasteiger charge is 2.07. The number of unbranched alkanes of at least 4 members (excludes halogenated alkanes) is 1. The molecule has 0 unspecified atom stereocenters. The molecule has 0 saturated carbocycles. The molecule has 1 heterocycles. The second-order valence-corrected chi connectivity index (χ2v) is 4.17. The minimum Gasteiger partial charge on any atom is -0.368 e. The summed E-state index contributed by atoms with van der Waals surface area (Å²) in [5, 5.41) is 14.3. The van der Waals surface area contributed by atoms with Gasteiger partial charge in [0.05, 0.1) is 5.69 Å². The van der Waals surface area contributed by atoms with Crippen molar-refractivity contribution in [2.75, 3.05) is 11.9 Å². The first-order chi connectivity index (χ1) is 8.36. The molecule has 0 atom stereocenters. The molecule has 2 aromatic rings. The number of aromatic nitrogens is 2. The summed E-state index contributed by atoms with van der Waals surface area (Å²) in [4.78, 5) is 0. The van der Waals surface area contributed by atoms with E-state index in [0.717, 1.165) is 24.5 Å². The second kappa shape index (κ2) is 5.62. The molecule has 90 valence electrons. The molecule has 3 heteroatoms. The van der Waals surface area contributed by atoms with Gasteiger partial charge in [-0.15, -0.1) is 5.10 Å². The molecule has 0 aliphatic heterocycles. The Balaban J connectivity index is 2.46. The largest absolute Gasteiger partial charge is 0.368 e. The Morgan fingerprint density at radius 1 is 1.06 bits per heavy atom. The summed E-state index contributed by atoms with van der Waals surface area (Å²) < 4.78 is 0. The molecule has 0 spiro atoms. The minimum atomic E-state index is 0.868. The van der Waals surface area contributed by atoms with E-state index < -0.39 is 0 Å². The Morgan fingerprint density at radius 2 is 1.82 bits per heavy atom. The predicted octanol–water partition coefficient (Wildman–Crippen LogP) is 3.40. The molecule has 17 heavy (non-hydrogen) atoms. The molecule has 0 fully saturated rings. The van der Waals surface area contributed by atoms with Crippen LogP contribution in [-0.2, 0) is 6.42 Å². The van der Waals surface area contributed by atoms with Crippen molar-refractivity contribution >= 4 is 16.6 Å². The lowest BCUT2D eigenvalue weighted by molar-refractivity contribution is 0.767. The van der Waals surface area contributed by atoms with Crippen LogP contribution in [0.5, 0.6) is 0 Å². The lowest BCUT2D eigenvalue weighted by Crippen LogP contribution is -2.04. The Bertz CT molecular complexity index is 494. The van der Waals surface area contributed by atoms with Crippen LogP contribution in [0.1, 0.15) is 32.4 Å². The molecule has 0 aliphatic carbocycles. The van der Waals surface area contributed by atoms with Crippen LogP contribution >= 0.6 is 0 Å². The number of hydrogen-bond donors (Lipinski definition) is 1. The van der Waals surface area contributed by atoms with Crippen molar-refractivity contribution < 1.29 is 0 Å². The molecule has 3 nitrogen and oxygen atoms in total. The van der Waals surface area contributed by atoms with E-state index >= 15 is 0 Å². The van der Waals surface area contributed by atoms with Gasteiger partial charge in [-0.2, -0.15) is 5.10 Å². The van der Waals surface area contributed by atoms with E-state index in [1.807, 2.05) is 0 Å². The van der Waals surface area contributed by atoms with Crippen LogP contribution < -0.4 is 5.32 Å². The molecule has 1 N–H and O–H groups in total. The first kappa shape index (κ1) is 11.8. The smallest absolute Gasteiger partial charge is 0.156 e. The van der Waals surface area contributed by atoms with Crippen molar-refractivity contribution in [2.24, 2.45) is 0 Å². The van der Waals surface area contributed by atoms with Crippen LogP contribution in [0.2, 0.25) is 0 Å². The number of benzene rings is 1. The van der Waals surface area contributed by atoms with Crippen LogP contribution in [0.25, 0.3) is 10.8 Å². The first-order valence-corrected chi connectivity index (χ1v) is 6.35. The number of anilines is 1. The Kier molecular flexibility index (Phi) is 3.91. The van der Waals surface area contributed by atoms with Gasteiger partial charge in [0.25, 0.3) is 0 Å². The molecule has 0 amide bonds. The molecule has 1 aromatic carbocycles. The summed E-state index contributed by atoms with van der Waals surface area (Å²) in [7, 11) is 0. The number of fused-ring (bicyclic) bond motifs is 1. The summed E-state index contributed by atoms with van der Waals surface area (Å²) in [5.74, 6) is 0.892. The molecule has 1 aromatic heterocycles. The van der Waals surface area contributed by atoms with E-state index in [4.69, 9.17) is 0 Å². The normalized spacial score (nSPS) is 10.7. The van der Waals surface area contributed by atoms with Gasteiger partial charge in [-0.3, -0.25) is 0 Å². The fraction of sp³-hybridized carbons (Fsp3) is 0.429. The van der Waals surface area contributed by atoms with E-state index in [1.54, 1.807) is 0 Å². The van der Waals surface area contributed by atoms with Gasteiger partial charge >= 0.3 is 0 Å². The lowest BCUT2D eigenvalue weighted by atomic mass is 10.1. The number of rotatable bonds is 5. The van der Waals surface area contributed by atoms with Crippen LogP contribution in [0.4, 0.5) is 5.82 Å². The number of aryl methyl sites for hydroxylation is 1. The molecule has 0 saturated heterocycles. The minimum absolute atomic E-state index is 0.868. The fourth-order valence-corrected chi connectivity index (χ4v) is 1.99. The summed E-state index contributed by atoms with van der Waals surface area (Å²) in [5.41, 5.74) is 1.11. The predicted molar refractivity (Wildman–Crippen MR) is 72.3 cm³/mol. The van der Waals surface area contributed by atoms with Gasteiger partial charge in [0.15, 0.2) is 5.82 Å². The van der Waals surface area contributed by atoms with Gasteiger partial charge in [-0.05, 0) is 19.8 Å². The van der Waals surface area contributed by atoms with Crippen molar-refractivity contribution in [3.05, 3.63) is 30.0 Å². The molecular weight excluding hydrogens is 210 g/mol. The van der Waals surface area contributed by atoms with Gasteiger partial charge in [0.1, 0.15) is 0 Å². The van der Waals surface area contributed by atoms with Crippen molar-refractivity contribution in [2.45, 2.75) is 33.1 Å². The number of nitrogens with one attached hydrogen (secondary N) is 1. The van der Waals surface area contributed by atoms with Gasteiger partial charge < -0.3 is 5.32 Å². The van der Waals surface area contributed by atoms with E-state index in [-0.39, 0.29) is 0 Å². The molecule has 0 radical (unpaired) electrons. The van der Waals surface area contributed by atoms with E-state index in [1.165, 1.54) is 23.6 Å². The quantitative estimate of drug-likeness (QED) is 0.853. The average Bonchev–Trinajstić information content (AvgIpc) is 2.38. The van der Waals surface area contributed by atoms with Crippen molar-refractivity contribution in [1.29, 1.82) is 0 Å². The summed E-state index contributed by atoms with van der Waals surface area (Å²) in [6, 6.07) is 8.36. The SMILES string of the molecule is CCCCc1nnc(NCC)c2ccccc12. The number of hydrogen-bond acceptors (Lipinski definition) is 3. The van der Waals surface area contributed by atoms with E-state index in [0.29, 0.717) is 0 Å². The average molecular weight is 229 g/mol. The monoisotopic (exact) mass is 229 g/mol. The highest BCUT2D eigenvalue weighted by atomic mass is 15.2. The highest BCUT2D eigenvalue weighted by Crippen LogP contribution is 2.23. The van der Waals surface area contributed by atoms with Crippen LogP contribution in [0.15, 0.2) is 24.3 Å². The van der Waals surface area contributed by atoms with E-state index in [2.05, 4.69) is 53.6 Å². The van der Waals surface area contributed by atoms with Crippen LogP contribution in [0.3, 0.4) is 0 Å². The van der Waals surface area contributed by atoms with Gasteiger partial charge in [-0.25, -0.2) is 0 Å². The molecular formula is C14H19N3. The summed E-state index contributed by atoms with van der Waals surface area (Å²) in [6.07, 6.45) is 3.36. The molecule has 2 rings (SSSR count). The molecule has 0 bridgehead atoms. The zero-order valence-electron chi connectivity index (χ0n) is 10.5. The zero-order valence-corrected chi connectivity index (χ0v) is 10.5. The third-order valence-electron chi connectivity index (χ3n) is 2.88. The fourth-order valence-electron chi connectivity index (χ4n) is 1.99. The van der Waals surface area contributed by atoms with Crippen molar-refractivity contribution in [3.63, 3.8) is 0 Å². The summed E-state index contributed by atoms with van der Waals surface area (Å²) >= 11 is 0. The third kappa shape index (κ3) is 2.54. The lowest BCUT2D eigenvalue weighted by Gasteiger charge is -2.09. The Morgan fingerprint density at radius 3 is 2.53 bits per heavy atom. The topological polar surface area (TPSA) is 37.8 Å². The standard InChI is InChI=1S/C14H19N3/c1-3-5-10-13-11-8-6-7-9-12(11)14(15-4-2)17-16-13/h6-9H,3-5,10H2,1-2H3,(H,15,17). The maximum Gasteiger partial charge on any atom is 0.156 e.